The molecule has 0 aromatic heterocycles. The van der Waals surface area contributed by atoms with Crippen LogP contribution in [0.3, 0.4) is 0 Å². The van der Waals surface area contributed by atoms with Crippen molar-refractivity contribution >= 4 is 5.91 Å². The molecule has 4 nitrogen and oxygen atoms in total. The second-order valence-corrected chi connectivity index (χ2v) is 1.02. The number of nitroso groups, excluding NO2 is 1. The molecule has 0 aliphatic heterocycles. The van der Waals surface area contributed by atoms with Gasteiger partial charge in [0.25, 0.3) is 5.91 Å². The number of nitrogens with zero attached hydrogens (tertiary/aromatic N) is 1. The van der Waals surface area contributed by atoms with Gasteiger partial charge in [0.1, 0.15) is 0 Å². The van der Waals surface area contributed by atoms with Gasteiger partial charge in [-0.1, -0.05) is 0 Å². The number of nitrogens with two attached hydrogens (primary N) is 1. The first kappa shape index (κ1) is 6.23. The molecular weight excluding hydrogens is 96.0 g/mol. The molecule has 0 bridgehead atoms. The van der Waals surface area contributed by atoms with Gasteiger partial charge in [-0.25, -0.2) is 0 Å². The molecule has 0 aliphatic rings. The van der Waals surface area contributed by atoms with E-state index in [2.05, 4.69) is 5.18 Å². The highest BCUT2D eigenvalue weighted by atomic mass is 16.3. The highest BCUT2D eigenvalue weighted by Crippen LogP contribution is 1.77. The Hall–Kier alpha value is -0.770. The van der Waals surface area contributed by atoms with Gasteiger partial charge >= 0.3 is 0 Å². The second-order valence-electron chi connectivity index (χ2n) is 1.02. The Morgan fingerprint density at radius 2 is 2.29 bits per heavy atom. The third-order valence-electron chi connectivity index (χ3n) is 0.460. The third kappa shape index (κ3) is 3.05. The van der Waals surface area contributed by atoms with Crippen molar-refractivity contribution < 1.29 is 4.79 Å². The van der Waals surface area contributed by atoms with Gasteiger partial charge in [-0.3, -0.25) is 4.79 Å². The lowest BCUT2D eigenvalue weighted by Gasteiger charge is -1.79. The van der Waals surface area contributed by atoms with Crippen molar-refractivity contribution in [2.24, 2.45) is 10.9 Å². The minimum atomic E-state index is -0.678. The number of hydrogen-bond donors (Lipinski definition) is 1. The number of hydrogen-bond acceptors (Lipinski definition) is 3. The number of amides is 1. The Morgan fingerprint density at radius 3 is 2.43 bits per heavy atom. The van der Waals surface area contributed by atoms with Crippen LogP contribution in [0.25, 0.3) is 0 Å². The standard InChI is InChI=1S/C3H6N2O2/c4-2-1-3(6)5-7/h1-2,4H2. The Balaban J connectivity index is 3.17. The van der Waals surface area contributed by atoms with Gasteiger partial charge in [0.2, 0.25) is 0 Å². The van der Waals surface area contributed by atoms with Crippen LogP contribution in [0.1, 0.15) is 6.42 Å². The van der Waals surface area contributed by atoms with E-state index in [-0.39, 0.29) is 13.0 Å². The highest BCUT2D eigenvalue weighted by molar-refractivity contribution is 5.76. The van der Waals surface area contributed by atoms with Crippen LogP contribution >= 0.6 is 0 Å². The molecular formula is C3H6N2O2. The summed E-state index contributed by atoms with van der Waals surface area (Å²) in [6, 6.07) is 0. The topological polar surface area (TPSA) is 72.5 Å². The molecule has 0 aromatic carbocycles. The summed E-state index contributed by atoms with van der Waals surface area (Å²) in [6.07, 6.45) is 0.0590. The fourth-order valence-electron chi connectivity index (χ4n) is 0.169. The molecule has 0 unspecified atom stereocenters. The van der Waals surface area contributed by atoms with Gasteiger partial charge in [-0.15, -0.1) is 4.91 Å². The van der Waals surface area contributed by atoms with Crippen LogP contribution in [0.4, 0.5) is 0 Å². The minimum Gasteiger partial charge on any atom is -0.330 e. The van der Waals surface area contributed by atoms with Crippen molar-refractivity contribution in [2.45, 2.75) is 6.42 Å². The largest absolute Gasteiger partial charge is 0.330 e. The van der Waals surface area contributed by atoms with Crippen molar-refractivity contribution in [2.75, 3.05) is 6.54 Å². The monoisotopic (exact) mass is 102 g/mol. The maximum Gasteiger partial charge on any atom is 0.287 e. The average Bonchev–Trinajstić information content (AvgIpc) is 1.68. The van der Waals surface area contributed by atoms with E-state index in [0.29, 0.717) is 0 Å². The van der Waals surface area contributed by atoms with Gasteiger partial charge in [0.05, 0.1) is 0 Å². The summed E-state index contributed by atoms with van der Waals surface area (Å²) in [7, 11) is 0. The highest BCUT2D eigenvalue weighted by Gasteiger charge is 1.93. The molecule has 0 rings (SSSR count). The molecule has 0 spiro atoms. The smallest absolute Gasteiger partial charge is 0.287 e. The zero-order chi connectivity index (χ0) is 5.70. The van der Waals surface area contributed by atoms with Gasteiger partial charge in [0, 0.05) is 18.1 Å². The van der Waals surface area contributed by atoms with Crippen LogP contribution in [0, 0.1) is 4.91 Å². The molecule has 0 aliphatic carbocycles. The summed E-state index contributed by atoms with van der Waals surface area (Å²) in [5, 5.41) is 2.11. The van der Waals surface area contributed by atoms with Crippen molar-refractivity contribution in [3.05, 3.63) is 4.91 Å². The first-order chi connectivity index (χ1) is 3.31. The minimum absolute atomic E-state index is 0.0590. The second kappa shape index (κ2) is 3.42. The van der Waals surface area contributed by atoms with Crippen LogP contribution in [-0.4, -0.2) is 12.5 Å². The molecule has 0 heterocycles. The van der Waals surface area contributed by atoms with Crippen LogP contribution in [0.5, 0.6) is 0 Å². The number of carbonyl (C=O) groups is 1. The zero-order valence-corrected chi connectivity index (χ0v) is 3.76. The molecule has 0 fully saturated rings. The van der Waals surface area contributed by atoms with E-state index in [1.807, 2.05) is 0 Å². The van der Waals surface area contributed by atoms with Gasteiger partial charge in [-0.05, 0) is 0 Å². The van der Waals surface area contributed by atoms with Crippen LogP contribution in [0.15, 0.2) is 5.18 Å². The number of carbonyl (C=O) groups excluding carboxylic acids is 1. The lowest BCUT2D eigenvalue weighted by molar-refractivity contribution is -0.117. The molecule has 0 saturated carbocycles. The van der Waals surface area contributed by atoms with Gasteiger partial charge in [0.15, 0.2) is 0 Å². The lowest BCUT2D eigenvalue weighted by atomic mass is 10.4. The Bertz CT molecular complexity index is 81.0. The van der Waals surface area contributed by atoms with Crippen molar-refractivity contribution in [3.63, 3.8) is 0 Å². The normalized spacial score (nSPS) is 8.14. The average molecular weight is 102 g/mol. The van der Waals surface area contributed by atoms with Crippen molar-refractivity contribution in [1.82, 2.24) is 0 Å². The Labute approximate surface area is 40.7 Å². The van der Waals surface area contributed by atoms with E-state index in [9.17, 15) is 9.70 Å². The summed E-state index contributed by atoms with van der Waals surface area (Å²) in [5.41, 5.74) is 4.89. The molecule has 7 heavy (non-hydrogen) atoms. The fraction of sp³-hybridized carbons (Fsp3) is 0.667. The molecule has 0 radical (unpaired) electrons. The van der Waals surface area contributed by atoms with Crippen molar-refractivity contribution in [3.8, 4) is 0 Å². The molecule has 0 saturated heterocycles. The zero-order valence-electron chi connectivity index (χ0n) is 3.76. The van der Waals surface area contributed by atoms with Gasteiger partial charge < -0.3 is 5.73 Å². The lowest BCUT2D eigenvalue weighted by Crippen LogP contribution is -2.04. The molecule has 0 atom stereocenters. The molecule has 0 aromatic rings. The maximum absolute atomic E-state index is 9.85. The number of rotatable bonds is 2. The van der Waals surface area contributed by atoms with E-state index in [0.717, 1.165) is 0 Å². The molecule has 2 N–H and O–H groups in total. The van der Waals surface area contributed by atoms with E-state index >= 15 is 0 Å². The van der Waals surface area contributed by atoms with E-state index in [1.165, 1.54) is 0 Å². The summed E-state index contributed by atoms with van der Waals surface area (Å²) < 4.78 is 0. The van der Waals surface area contributed by atoms with Crippen LogP contribution < -0.4 is 5.73 Å². The summed E-state index contributed by atoms with van der Waals surface area (Å²) >= 11 is 0. The fourth-order valence-corrected chi connectivity index (χ4v) is 0.169. The first-order valence-electron chi connectivity index (χ1n) is 1.87. The van der Waals surface area contributed by atoms with E-state index in [4.69, 9.17) is 5.73 Å². The molecule has 4 heteroatoms. The quantitative estimate of drug-likeness (QED) is 0.483. The van der Waals surface area contributed by atoms with Gasteiger partial charge in [-0.2, -0.15) is 0 Å². The summed E-state index contributed by atoms with van der Waals surface area (Å²) in [5.74, 6) is -0.678. The Morgan fingerprint density at radius 1 is 1.71 bits per heavy atom. The maximum atomic E-state index is 9.85. The Kier molecular flexibility index (Phi) is 3.04. The van der Waals surface area contributed by atoms with E-state index < -0.39 is 5.91 Å². The summed E-state index contributed by atoms with van der Waals surface area (Å²) in [4.78, 5) is 19.1. The van der Waals surface area contributed by atoms with E-state index in [1.54, 1.807) is 0 Å². The SMILES string of the molecule is NCCC(=O)N=O. The van der Waals surface area contributed by atoms with Crippen LogP contribution in [-0.2, 0) is 4.79 Å². The molecule has 1 amide bonds. The first-order valence-corrected chi connectivity index (χ1v) is 1.87. The third-order valence-corrected chi connectivity index (χ3v) is 0.460. The molecule has 40 valence electrons. The van der Waals surface area contributed by atoms with Crippen molar-refractivity contribution in [1.29, 1.82) is 0 Å². The predicted octanol–water partition coefficient (Wildman–Crippen LogP) is -0.372. The van der Waals surface area contributed by atoms with Crippen LogP contribution in [0.2, 0.25) is 0 Å². The summed E-state index contributed by atoms with van der Waals surface area (Å²) in [6.45, 7) is 0.199. The predicted molar refractivity (Wildman–Crippen MR) is 24.5 cm³/mol.